The van der Waals surface area contributed by atoms with E-state index in [0.717, 1.165) is 12.8 Å². The van der Waals surface area contributed by atoms with E-state index in [1.54, 1.807) is 24.3 Å². The van der Waals surface area contributed by atoms with Gasteiger partial charge in [0.1, 0.15) is 0 Å². The van der Waals surface area contributed by atoms with Gasteiger partial charge in [0.05, 0.1) is 23.8 Å². The zero-order chi connectivity index (χ0) is 13.9. The molecule has 5 nitrogen and oxygen atoms in total. The van der Waals surface area contributed by atoms with E-state index in [-0.39, 0.29) is 12.6 Å². The molecule has 1 aliphatic rings. The molecule has 5 heteroatoms. The average molecular weight is 259 g/mol. The molecule has 2 rings (SSSR count). The minimum atomic E-state index is -0.559. The molecule has 0 bridgehead atoms. The molecule has 0 radical (unpaired) electrons. The number of nitrogens with one attached hydrogen (secondary N) is 2. The van der Waals surface area contributed by atoms with Gasteiger partial charge in [0, 0.05) is 5.69 Å². The fourth-order valence-corrected chi connectivity index (χ4v) is 2.04. The second-order valence-corrected chi connectivity index (χ2v) is 5.12. The fourth-order valence-electron chi connectivity index (χ4n) is 2.04. The van der Waals surface area contributed by atoms with Crippen LogP contribution in [0.2, 0.25) is 0 Å². The Bertz CT molecular complexity index is 502. The molecule has 1 unspecified atom stereocenters. The summed E-state index contributed by atoms with van der Waals surface area (Å²) in [4.78, 5) is 11.9. The maximum atomic E-state index is 11.9. The number of carbonyl (C=O) groups is 1. The first-order valence-electron chi connectivity index (χ1n) is 6.27. The Morgan fingerprint density at radius 3 is 2.58 bits per heavy atom. The Hall–Kier alpha value is -2.06. The summed E-state index contributed by atoms with van der Waals surface area (Å²) >= 11 is 0. The van der Waals surface area contributed by atoms with Crippen molar-refractivity contribution < 1.29 is 9.90 Å². The van der Waals surface area contributed by atoms with Gasteiger partial charge < -0.3 is 15.7 Å². The largest absolute Gasteiger partial charge is 0.394 e. The van der Waals surface area contributed by atoms with E-state index < -0.39 is 5.54 Å². The SMILES string of the molecule is CC(CO)(NC(=O)Nc1ccc(C#N)cc1)C1CC1. The van der Waals surface area contributed by atoms with Crippen molar-refractivity contribution in [2.24, 2.45) is 5.92 Å². The zero-order valence-corrected chi connectivity index (χ0v) is 10.8. The van der Waals surface area contributed by atoms with Crippen LogP contribution < -0.4 is 10.6 Å². The van der Waals surface area contributed by atoms with Gasteiger partial charge in [-0.05, 0) is 49.9 Å². The first-order valence-corrected chi connectivity index (χ1v) is 6.27. The van der Waals surface area contributed by atoms with Gasteiger partial charge in [-0.25, -0.2) is 4.79 Å². The van der Waals surface area contributed by atoms with Crippen molar-refractivity contribution in [1.29, 1.82) is 5.26 Å². The predicted octanol–water partition coefficient (Wildman–Crippen LogP) is 1.84. The lowest BCUT2D eigenvalue weighted by molar-refractivity contribution is 0.159. The van der Waals surface area contributed by atoms with Gasteiger partial charge >= 0.3 is 6.03 Å². The summed E-state index contributed by atoms with van der Waals surface area (Å²) in [6.07, 6.45) is 2.07. The molecule has 1 atom stereocenters. The second-order valence-electron chi connectivity index (χ2n) is 5.12. The van der Waals surface area contributed by atoms with Crippen molar-refractivity contribution >= 4 is 11.7 Å². The van der Waals surface area contributed by atoms with Crippen LogP contribution in [0.3, 0.4) is 0 Å². The monoisotopic (exact) mass is 259 g/mol. The van der Waals surface area contributed by atoms with Crippen LogP contribution in [0.4, 0.5) is 10.5 Å². The Morgan fingerprint density at radius 2 is 2.11 bits per heavy atom. The van der Waals surface area contributed by atoms with Crippen molar-refractivity contribution in [3.05, 3.63) is 29.8 Å². The lowest BCUT2D eigenvalue weighted by Gasteiger charge is -2.28. The molecule has 19 heavy (non-hydrogen) atoms. The summed E-state index contributed by atoms with van der Waals surface area (Å²) in [5.74, 6) is 0.351. The normalized spacial score (nSPS) is 17.1. The molecule has 1 fully saturated rings. The number of aliphatic hydroxyl groups excluding tert-OH is 1. The molecule has 0 aromatic heterocycles. The van der Waals surface area contributed by atoms with E-state index in [0.29, 0.717) is 17.2 Å². The highest BCUT2D eigenvalue weighted by atomic mass is 16.3. The molecule has 1 aromatic rings. The number of hydrogen-bond acceptors (Lipinski definition) is 3. The van der Waals surface area contributed by atoms with Crippen molar-refractivity contribution in [2.75, 3.05) is 11.9 Å². The summed E-state index contributed by atoms with van der Waals surface area (Å²) in [6.45, 7) is 1.78. The van der Waals surface area contributed by atoms with Gasteiger partial charge in [-0.15, -0.1) is 0 Å². The number of hydrogen-bond donors (Lipinski definition) is 3. The first-order chi connectivity index (χ1) is 9.07. The lowest BCUT2D eigenvalue weighted by atomic mass is 9.97. The van der Waals surface area contributed by atoms with Crippen molar-refractivity contribution in [1.82, 2.24) is 5.32 Å². The minimum absolute atomic E-state index is 0.0710. The highest BCUT2D eigenvalue weighted by Crippen LogP contribution is 2.39. The van der Waals surface area contributed by atoms with E-state index in [4.69, 9.17) is 5.26 Å². The van der Waals surface area contributed by atoms with Gasteiger partial charge in [-0.3, -0.25) is 0 Å². The van der Waals surface area contributed by atoms with Gasteiger partial charge in [-0.2, -0.15) is 5.26 Å². The summed E-state index contributed by atoms with van der Waals surface area (Å²) < 4.78 is 0. The average Bonchev–Trinajstić information content (AvgIpc) is 3.24. The number of rotatable bonds is 4. The van der Waals surface area contributed by atoms with E-state index >= 15 is 0 Å². The van der Waals surface area contributed by atoms with Crippen LogP contribution in [0.1, 0.15) is 25.3 Å². The van der Waals surface area contributed by atoms with Crippen molar-refractivity contribution in [3.63, 3.8) is 0 Å². The number of amides is 2. The van der Waals surface area contributed by atoms with Gasteiger partial charge in [0.15, 0.2) is 0 Å². The Balaban J connectivity index is 1.95. The van der Waals surface area contributed by atoms with Crippen LogP contribution in [-0.2, 0) is 0 Å². The molecular weight excluding hydrogens is 242 g/mol. The number of aliphatic hydroxyl groups is 1. The summed E-state index contributed by atoms with van der Waals surface area (Å²) in [5, 5.41) is 23.6. The third-order valence-corrected chi connectivity index (χ3v) is 3.48. The van der Waals surface area contributed by atoms with Gasteiger partial charge in [0.25, 0.3) is 0 Å². The molecule has 0 spiro atoms. The minimum Gasteiger partial charge on any atom is -0.394 e. The molecule has 3 N–H and O–H groups in total. The van der Waals surface area contributed by atoms with E-state index in [1.165, 1.54) is 0 Å². The van der Waals surface area contributed by atoms with E-state index in [1.807, 2.05) is 13.0 Å². The molecule has 1 aliphatic carbocycles. The summed E-state index contributed by atoms with van der Waals surface area (Å²) in [7, 11) is 0. The third-order valence-electron chi connectivity index (χ3n) is 3.48. The Morgan fingerprint density at radius 1 is 1.47 bits per heavy atom. The molecule has 1 aromatic carbocycles. The first kappa shape index (κ1) is 13.4. The Labute approximate surface area is 112 Å². The molecule has 0 saturated heterocycles. The number of nitrogens with zero attached hydrogens (tertiary/aromatic N) is 1. The molecular formula is C14H17N3O2. The maximum absolute atomic E-state index is 11.9. The highest BCUT2D eigenvalue weighted by Gasteiger charge is 2.42. The predicted molar refractivity (Wildman–Crippen MR) is 71.5 cm³/mol. The lowest BCUT2D eigenvalue weighted by Crippen LogP contribution is -2.52. The van der Waals surface area contributed by atoms with Crippen LogP contribution in [0, 0.1) is 17.2 Å². The van der Waals surface area contributed by atoms with E-state index in [2.05, 4.69) is 10.6 Å². The molecule has 100 valence electrons. The standard InChI is InChI=1S/C14H17N3O2/c1-14(9-18,11-4-5-11)17-13(19)16-12-6-2-10(8-15)3-7-12/h2-3,6-7,11,18H,4-5,9H2,1H3,(H2,16,17,19). The summed E-state index contributed by atoms with van der Waals surface area (Å²) in [5.41, 5.74) is 0.605. The zero-order valence-electron chi connectivity index (χ0n) is 10.8. The van der Waals surface area contributed by atoms with Crippen LogP contribution >= 0.6 is 0 Å². The quantitative estimate of drug-likeness (QED) is 0.771. The second kappa shape index (κ2) is 5.29. The Kier molecular flexibility index (Phi) is 3.72. The molecule has 2 amide bonds. The smallest absolute Gasteiger partial charge is 0.319 e. The maximum Gasteiger partial charge on any atom is 0.319 e. The van der Waals surface area contributed by atoms with Crippen LogP contribution in [0.5, 0.6) is 0 Å². The van der Waals surface area contributed by atoms with Gasteiger partial charge in [0.2, 0.25) is 0 Å². The molecule has 1 saturated carbocycles. The summed E-state index contributed by atoms with van der Waals surface area (Å²) in [6, 6.07) is 8.30. The van der Waals surface area contributed by atoms with Gasteiger partial charge in [-0.1, -0.05) is 0 Å². The number of nitriles is 1. The topological polar surface area (TPSA) is 85.2 Å². The van der Waals surface area contributed by atoms with E-state index in [9.17, 15) is 9.90 Å². The van der Waals surface area contributed by atoms with Crippen LogP contribution in [-0.4, -0.2) is 23.3 Å². The van der Waals surface area contributed by atoms with Crippen LogP contribution in [0.15, 0.2) is 24.3 Å². The van der Waals surface area contributed by atoms with Crippen LogP contribution in [0.25, 0.3) is 0 Å². The third kappa shape index (κ3) is 3.24. The number of urea groups is 1. The number of anilines is 1. The number of carbonyl (C=O) groups excluding carboxylic acids is 1. The van der Waals surface area contributed by atoms with Crippen molar-refractivity contribution in [2.45, 2.75) is 25.3 Å². The highest BCUT2D eigenvalue weighted by molar-refractivity contribution is 5.89. The number of benzene rings is 1. The fraction of sp³-hybridized carbons (Fsp3) is 0.429. The molecule has 0 aliphatic heterocycles. The van der Waals surface area contributed by atoms with Crippen molar-refractivity contribution in [3.8, 4) is 6.07 Å². The molecule has 0 heterocycles.